The summed E-state index contributed by atoms with van der Waals surface area (Å²) in [5.74, 6) is -0.833. The molecule has 0 saturated heterocycles. The zero-order valence-electron chi connectivity index (χ0n) is 2.93. The molecule has 0 spiro atoms. The Morgan fingerprint density at radius 3 is 1.80 bits per heavy atom. The van der Waals surface area contributed by atoms with Crippen LogP contribution in [0.3, 0.4) is 0 Å². The van der Waals surface area contributed by atoms with E-state index < -0.39 is 5.97 Å². The van der Waals surface area contributed by atoms with Gasteiger partial charge >= 0.3 is 0 Å². The molecule has 0 bridgehead atoms. The Bertz CT molecular complexity index is 30.6. The minimum absolute atomic E-state index is 0. The van der Waals surface area contributed by atoms with Crippen molar-refractivity contribution < 1.29 is 54.0 Å². The molecule has 0 aliphatic rings. The van der Waals surface area contributed by atoms with Crippen molar-refractivity contribution in [3.63, 3.8) is 0 Å². The van der Waals surface area contributed by atoms with E-state index in [1.165, 1.54) is 0 Å². The van der Waals surface area contributed by atoms with Gasteiger partial charge in [0.15, 0.2) is 0 Å². The van der Waals surface area contributed by atoms with Crippen LogP contribution in [-0.4, -0.2) is 11.1 Å². The molecular weight excluding hydrogens is 283 g/mol. The maximum Gasteiger partial charge on any atom is 0.300 e. The fraction of sp³-hybridized carbons (Fsp3) is 0.500. The van der Waals surface area contributed by atoms with Crippen LogP contribution in [0, 0.1) is 44.1 Å². The standard InChI is InChI=1S/C2H4O2.Ac/c1-2(3)4;/h1H3,(H,3,4);. The molecule has 0 aliphatic heterocycles. The van der Waals surface area contributed by atoms with Crippen molar-refractivity contribution in [2.45, 2.75) is 6.92 Å². The van der Waals surface area contributed by atoms with Crippen LogP contribution in [-0.2, 0) is 4.79 Å². The summed E-state index contributed by atoms with van der Waals surface area (Å²) < 4.78 is 0. The van der Waals surface area contributed by atoms with Crippen molar-refractivity contribution in [1.29, 1.82) is 0 Å². The minimum atomic E-state index is -0.833. The first-order valence-corrected chi connectivity index (χ1v) is 0.928. The second-order valence-corrected chi connectivity index (χ2v) is 0.519. The van der Waals surface area contributed by atoms with Crippen LogP contribution in [0.25, 0.3) is 0 Å². The third-order valence-electron chi connectivity index (χ3n) is 0. The van der Waals surface area contributed by atoms with E-state index in [1.54, 1.807) is 0 Å². The van der Waals surface area contributed by atoms with Gasteiger partial charge in [0.05, 0.1) is 0 Å². The smallest absolute Gasteiger partial charge is 0.300 e. The fourth-order valence-corrected chi connectivity index (χ4v) is 0. The Labute approximate surface area is 66.1 Å². The molecule has 3 heteroatoms. The molecule has 0 atom stereocenters. The molecule has 0 aromatic carbocycles. The Hall–Kier alpha value is 0.912. The quantitative estimate of drug-likeness (QED) is 0.685. The molecule has 0 amide bonds. The van der Waals surface area contributed by atoms with Crippen LogP contribution in [0.15, 0.2) is 0 Å². The Morgan fingerprint density at radius 1 is 1.80 bits per heavy atom. The topological polar surface area (TPSA) is 37.3 Å². The molecule has 0 aliphatic carbocycles. The molecule has 1 radical (unpaired) electrons. The summed E-state index contributed by atoms with van der Waals surface area (Å²) in [6, 6.07) is 0. The van der Waals surface area contributed by atoms with Crippen LogP contribution in [0.2, 0.25) is 0 Å². The van der Waals surface area contributed by atoms with E-state index in [1.807, 2.05) is 0 Å². The van der Waals surface area contributed by atoms with Gasteiger partial charge in [-0.2, -0.15) is 0 Å². The first-order valence-electron chi connectivity index (χ1n) is 0.928. The van der Waals surface area contributed by atoms with Crippen LogP contribution < -0.4 is 0 Å². The Kier molecular flexibility index (Phi) is 9.16. The molecule has 0 aromatic heterocycles. The maximum absolute atomic E-state index is 9.00. The van der Waals surface area contributed by atoms with Crippen molar-refractivity contribution in [1.82, 2.24) is 0 Å². The normalized spacial score (nSPS) is 5.00. The van der Waals surface area contributed by atoms with Crippen molar-refractivity contribution >= 4 is 5.97 Å². The van der Waals surface area contributed by atoms with Gasteiger partial charge in [-0.15, -0.1) is 0 Å². The van der Waals surface area contributed by atoms with Crippen molar-refractivity contribution in [2.24, 2.45) is 0 Å². The molecule has 0 heterocycles. The second kappa shape index (κ2) is 4.91. The third-order valence-corrected chi connectivity index (χ3v) is 0. The first kappa shape index (κ1) is 9.32. The molecule has 0 aromatic rings. The van der Waals surface area contributed by atoms with E-state index in [-0.39, 0.29) is 44.1 Å². The first-order chi connectivity index (χ1) is 1.73. The van der Waals surface area contributed by atoms with Crippen molar-refractivity contribution in [3.05, 3.63) is 0 Å². The second-order valence-electron chi connectivity index (χ2n) is 0.519. The van der Waals surface area contributed by atoms with Gasteiger partial charge in [0.2, 0.25) is 0 Å². The molecular formula is C2H4AcO2. The Balaban J connectivity index is 0. The van der Waals surface area contributed by atoms with E-state index in [2.05, 4.69) is 0 Å². The number of hydrogen-bond donors (Lipinski definition) is 1. The molecule has 27 valence electrons. The summed E-state index contributed by atoms with van der Waals surface area (Å²) in [6.45, 7) is 1.08. The predicted octanol–water partition coefficient (Wildman–Crippen LogP) is 0.0909. The molecule has 2 nitrogen and oxygen atoms in total. The minimum Gasteiger partial charge on any atom is -0.481 e. The van der Waals surface area contributed by atoms with Gasteiger partial charge in [-0.1, -0.05) is 0 Å². The SMILES string of the molecule is CC(=O)O.[Ac]. The number of aliphatic carboxylic acids is 1. The largest absolute Gasteiger partial charge is 0.481 e. The van der Waals surface area contributed by atoms with Crippen LogP contribution in [0.5, 0.6) is 0 Å². The summed E-state index contributed by atoms with van der Waals surface area (Å²) in [6.07, 6.45) is 0. The fourth-order valence-electron chi connectivity index (χ4n) is 0. The van der Waals surface area contributed by atoms with Gasteiger partial charge in [0.25, 0.3) is 5.97 Å². The van der Waals surface area contributed by atoms with E-state index >= 15 is 0 Å². The van der Waals surface area contributed by atoms with Crippen molar-refractivity contribution in [3.8, 4) is 0 Å². The molecule has 5 heavy (non-hydrogen) atoms. The number of carboxylic acids is 1. The molecule has 0 rings (SSSR count). The summed E-state index contributed by atoms with van der Waals surface area (Å²) in [5.41, 5.74) is 0. The van der Waals surface area contributed by atoms with Crippen LogP contribution >= 0.6 is 0 Å². The maximum atomic E-state index is 9.00. The zero-order chi connectivity index (χ0) is 3.58. The zero-order valence-corrected chi connectivity index (χ0v) is 7.68. The van der Waals surface area contributed by atoms with Crippen LogP contribution in [0.1, 0.15) is 6.92 Å². The number of hydrogen-bond acceptors (Lipinski definition) is 1. The summed E-state index contributed by atoms with van der Waals surface area (Å²) in [7, 11) is 0. The van der Waals surface area contributed by atoms with E-state index in [0.717, 1.165) is 6.92 Å². The molecule has 1 N–H and O–H groups in total. The van der Waals surface area contributed by atoms with Crippen molar-refractivity contribution in [2.75, 3.05) is 0 Å². The summed E-state index contributed by atoms with van der Waals surface area (Å²) in [5, 5.41) is 7.42. The van der Waals surface area contributed by atoms with E-state index in [0.29, 0.717) is 0 Å². The van der Waals surface area contributed by atoms with Gasteiger partial charge in [-0.25, -0.2) is 0 Å². The summed E-state index contributed by atoms with van der Waals surface area (Å²) >= 11 is 0. The van der Waals surface area contributed by atoms with Gasteiger partial charge < -0.3 is 5.11 Å². The van der Waals surface area contributed by atoms with Gasteiger partial charge in [0, 0.05) is 51.0 Å². The summed E-state index contributed by atoms with van der Waals surface area (Å²) in [4.78, 5) is 9.00. The third kappa shape index (κ3) is 50.1. The van der Waals surface area contributed by atoms with E-state index in [9.17, 15) is 0 Å². The van der Waals surface area contributed by atoms with E-state index in [4.69, 9.17) is 9.90 Å². The Morgan fingerprint density at radius 2 is 1.80 bits per heavy atom. The molecule has 0 saturated carbocycles. The predicted molar refractivity (Wildman–Crippen MR) is 13.3 cm³/mol. The average Bonchev–Trinajstić information content (AvgIpc) is 0.811. The van der Waals surface area contributed by atoms with Gasteiger partial charge in [0.1, 0.15) is 0 Å². The molecule has 0 fully saturated rings. The van der Waals surface area contributed by atoms with Gasteiger partial charge in [-0.05, 0) is 0 Å². The van der Waals surface area contributed by atoms with Gasteiger partial charge in [-0.3, -0.25) is 4.79 Å². The number of carbonyl (C=O) groups is 1. The van der Waals surface area contributed by atoms with Crippen LogP contribution in [0.4, 0.5) is 0 Å². The molecule has 0 unspecified atom stereocenters. The monoisotopic (exact) mass is 287 g/mol. The average molecular weight is 287 g/mol. The number of carboxylic acid groups (broad SMARTS) is 1. The number of rotatable bonds is 0.